The van der Waals surface area contributed by atoms with Crippen LogP contribution in [0.25, 0.3) is 21.5 Å². The lowest BCUT2D eigenvalue weighted by atomic mass is 10.0. The van der Waals surface area contributed by atoms with Crippen molar-refractivity contribution in [2.45, 2.75) is 0 Å². The summed E-state index contributed by atoms with van der Waals surface area (Å²) in [6, 6.07) is 23.7. The van der Waals surface area contributed by atoms with Gasteiger partial charge in [-0.2, -0.15) is 4.99 Å². The van der Waals surface area contributed by atoms with E-state index in [1.807, 2.05) is 36.4 Å². The molecule has 0 spiro atoms. The molecule has 4 aromatic carbocycles. The van der Waals surface area contributed by atoms with Crippen molar-refractivity contribution in [1.29, 1.82) is 0 Å². The van der Waals surface area contributed by atoms with E-state index < -0.39 is 4.92 Å². The molecule has 0 aromatic heterocycles. The van der Waals surface area contributed by atoms with Crippen LogP contribution in [0.15, 0.2) is 83.9 Å². The normalized spacial score (nSPS) is 11.6. The molecule has 0 bridgehead atoms. The number of nitro groups is 1. The van der Waals surface area contributed by atoms with E-state index >= 15 is 0 Å². The summed E-state index contributed by atoms with van der Waals surface area (Å²) in [6.07, 6.45) is 0. The average molecular weight is 357 g/mol. The van der Waals surface area contributed by atoms with Crippen LogP contribution in [0.3, 0.4) is 0 Å². The zero-order valence-corrected chi connectivity index (χ0v) is 14.2. The summed E-state index contributed by atoms with van der Waals surface area (Å²) in [7, 11) is 0. The van der Waals surface area contributed by atoms with Gasteiger partial charge in [0.1, 0.15) is 5.75 Å². The van der Waals surface area contributed by atoms with Gasteiger partial charge in [-0.1, -0.05) is 36.4 Å². The molecule has 0 saturated heterocycles. The SMILES string of the molecule is NC(=Nc1cccc2cc3ccccc3cc12)Oc1ccc([N+](=O)[O-])cc1. The monoisotopic (exact) mass is 357 g/mol. The van der Waals surface area contributed by atoms with E-state index in [0.717, 1.165) is 21.5 Å². The highest BCUT2D eigenvalue weighted by atomic mass is 16.6. The van der Waals surface area contributed by atoms with Crippen LogP contribution in [0.1, 0.15) is 0 Å². The second kappa shape index (κ2) is 6.76. The van der Waals surface area contributed by atoms with Crippen LogP contribution in [-0.2, 0) is 0 Å². The number of ether oxygens (including phenoxy) is 1. The molecular formula is C21H15N3O3. The molecule has 0 aliphatic rings. The predicted molar refractivity (Wildman–Crippen MR) is 106 cm³/mol. The third-order valence-electron chi connectivity index (χ3n) is 4.22. The zero-order chi connectivity index (χ0) is 18.8. The minimum Gasteiger partial charge on any atom is -0.426 e. The smallest absolute Gasteiger partial charge is 0.292 e. The second-order valence-electron chi connectivity index (χ2n) is 6.00. The largest absolute Gasteiger partial charge is 0.426 e. The van der Waals surface area contributed by atoms with Crippen molar-refractivity contribution in [3.05, 3.63) is 89.0 Å². The van der Waals surface area contributed by atoms with E-state index in [9.17, 15) is 10.1 Å². The van der Waals surface area contributed by atoms with Gasteiger partial charge in [-0.05, 0) is 46.5 Å². The Balaban J connectivity index is 1.68. The summed E-state index contributed by atoms with van der Waals surface area (Å²) in [5, 5.41) is 15.0. The average Bonchev–Trinajstić information content (AvgIpc) is 2.67. The van der Waals surface area contributed by atoms with Gasteiger partial charge in [-0.3, -0.25) is 10.1 Å². The van der Waals surface area contributed by atoms with E-state index in [0.29, 0.717) is 11.4 Å². The fraction of sp³-hybridized carbons (Fsp3) is 0. The lowest BCUT2D eigenvalue weighted by Gasteiger charge is -2.07. The Morgan fingerprint density at radius 2 is 1.56 bits per heavy atom. The van der Waals surface area contributed by atoms with Crippen LogP contribution in [0.5, 0.6) is 5.75 Å². The number of rotatable bonds is 3. The van der Waals surface area contributed by atoms with Crippen LogP contribution in [0.4, 0.5) is 11.4 Å². The maximum Gasteiger partial charge on any atom is 0.292 e. The molecule has 27 heavy (non-hydrogen) atoms. The highest BCUT2D eigenvalue weighted by Gasteiger charge is 2.07. The van der Waals surface area contributed by atoms with Crippen molar-refractivity contribution >= 4 is 38.9 Å². The fourth-order valence-electron chi connectivity index (χ4n) is 2.95. The summed E-state index contributed by atoms with van der Waals surface area (Å²) in [4.78, 5) is 14.6. The summed E-state index contributed by atoms with van der Waals surface area (Å²) in [5.41, 5.74) is 6.61. The molecule has 0 saturated carbocycles. The first kappa shape index (κ1) is 16.5. The number of benzene rings is 4. The number of nitrogens with zero attached hydrogens (tertiary/aromatic N) is 2. The van der Waals surface area contributed by atoms with Crippen molar-refractivity contribution in [1.82, 2.24) is 0 Å². The number of amidine groups is 1. The Morgan fingerprint density at radius 3 is 2.26 bits per heavy atom. The van der Waals surface area contributed by atoms with Gasteiger partial charge < -0.3 is 10.5 Å². The molecule has 0 heterocycles. The molecule has 132 valence electrons. The fourth-order valence-corrected chi connectivity index (χ4v) is 2.95. The van der Waals surface area contributed by atoms with Crippen molar-refractivity contribution in [2.24, 2.45) is 10.7 Å². The first-order chi connectivity index (χ1) is 13.1. The molecule has 0 amide bonds. The summed E-state index contributed by atoms with van der Waals surface area (Å²) >= 11 is 0. The molecule has 0 atom stereocenters. The summed E-state index contributed by atoms with van der Waals surface area (Å²) in [5.74, 6) is 0.382. The van der Waals surface area contributed by atoms with Gasteiger partial charge in [0, 0.05) is 17.5 Å². The number of nitrogens with two attached hydrogens (primary N) is 1. The number of aliphatic imine (C=N–C) groups is 1. The Morgan fingerprint density at radius 1 is 0.889 bits per heavy atom. The molecule has 4 rings (SSSR count). The molecular weight excluding hydrogens is 342 g/mol. The van der Waals surface area contributed by atoms with Gasteiger partial charge in [0.05, 0.1) is 10.6 Å². The highest BCUT2D eigenvalue weighted by molar-refractivity contribution is 6.03. The van der Waals surface area contributed by atoms with E-state index in [2.05, 4.69) is 23.2 Å². The zero-order valence-electron chi connectivity index (χ0n) is 14.2. The molecule has 6 heteroatoms. The third-order valence-corrected chi connectivity index (χ3v) is 4.22. The lowest BCUT2D eigenvalue weighted by Crippen LogP contribution is -2.19. The van der Waals surface area contributed by atoms with Gasteiger partial charge in [-0.25, -0.2) is 0 Å². The van der Waals surface area contributed by atoms with E-state index in [1.54, 1.807) is 0 Å². The molecule has 0 fully saturated rings. The number of hydrogen-bond donors (Lipinski definition) is 1. The van der Waals surface area contributed by atoms with Crippen LogP contribution in [-0.4, -0.2) is 10.9 Å². The molecule has 0 aliphatic heterocycles. The lowest BCUT2D eigenvalue weighted by molar-refractivity contribution is -0.384. The Labute approximate surface area is 154 Å². The summed E-state index contributed by atoms with van der Waals surface area (Å²) < 4.78 is 5.49. The quantitative estimate of drug-likeness (QED) is 0.185. The van der Waals surface area contributed by atoms with Crippen LogP contribution in [0, 0.1) is 10.1 Å². The molecule has 6 nitrogen and oxygen atoms in total. The minimum absolute atomic E-state index is 0.0150. The number of hydrogen-bond acceptors (Lipinski definition) is 4. The maximum absolute atomic E-state index is 10.7. The number of nitro benzene ring substituents is 1. The van der Waals surface area contributed by atoms with Crippen molar-refractivity contribution in [3.8, 4) is 5.75 Å². The Kier molecular flexibility index (Phi) is 4.14. The van der Waals surface area contributed by atoms with Gasteiger partial charge in [0.15, 0.2) is 0 Å². The second-order valence-corrected chi connectivity index (χ2v) is 6.00. The van der Waals surface area contributed by atoms with Crippen molar-refractivity contribution < 1.29 is 9.66 Å². The molecule has 4 aromatic rings. The van der Waals surface area contributed by atoms with E-state index in [1.165, 1.54) is 24.3 Å². The van der Waals surface area contributed by atoms with E-state index in [-0.39, 0.29) is 11.7 Å². The Bertz CT molecular complexity index is 1180. The van der Waals surface area contributed by atoms with Crippen LogP contribution < -0.4 is 10.5 Å². The molecule has 0 aliphatic carbocycles. The standard InChI is InChI=1S/C21H15N3O3/c22-21(27-18-10-8-17(9-11-18)24(25)26)23-20-7-3-6-16-12-14-4-1-2-5-15(14)13-19(16)20/h1-13H,(H2,22,23). The van der Waals surface area contributed by atoms with Crippen LogP contribution >= 0.6 is 0 Å². The molecule has 0 radical (unpaired) electrons. The third kappa shape index (κ3) is 3.41. The van der Waals surface area contributed by atoms with Gasteiger partial charge >= 0.3 is 0 Å². The topological polar surface area (TPSA) is 90.8 Å². The Hall–Kier alpha value is -3.93. The van der Waals surface area contributed by atoms with Gasteiger partial charge in [0.2, 0.25) is 0 Å². The number of fused-ring (bicyclic) bond motifs is 2. The van der Waals surface area contributed by atoms with E-state index in [4.69, 9.17) is 10.5 Å². The predicted octanol–water partition coefficient (Wildman–Crippen LogP) is 4.93. The molecule has 2 N–H and O–H groups in total. The van der Waals surface area contributed by atoms with Crippen molar-refractivity contribution in [3.63, 3.8) is 0 Å². The first-order valence-corrected chi connectivity index (χ1v) is 8.28. The van der Waals surface area contributed by atoms with Gasteiger partial charge in [0.25, 0.3) is 11.7 Å². The molecule has 0 unspecified atom stereocenters. The first-order valence-electron chi connectivity index (χ1n) is 8.28. The minimum atomic E-state index is -0.471. The van der Waals surface area contributed by atoms with Gasteiger partial charge in [-0.15, -0.1) is 0 Å². The summed E-state index contributed by atoms with van der Waals surface area (Å²) in [6.45, 7) is 0. The maximum atomic E-state index is 10.7. The highest BCUT2D eigenvalue weighted by Crippen LogP contribution is 2.30. The van der Waals surface area contributed by atoms with Crippen molar-refractivity contribution in [2.75, 3.05) is 0 Å². The van der Waals surface area contributed by atoms with Crippen LogP contribution in [0.2, 0.25) is 0 Å². The number of non-ortho nitro benzene ring substituents is 1.